The number of carbonyl (C=O) groups excluding carboxylic acids is 3. The summed E-state index contributed by atoms with van der Waals surface area (Å²) in [5, 5.41) is 25.7. The van der Waals surface area contributed by atoms with Crippen molar-refractivity contribution in [2.24, 2.45) is 0 Å². The van der Waals surface area contributed by atoms with Gasteiger partial charge in [-0.3, -0.25) is 4.79 Å². The van der Waals surface area contributed by atoms with Gasteiger partial charge in [0, 0.05) is 37.0 Å². The number of rotatable bonds is 11. The molecule has 170 valence electrons. The van der Waals surface area contributed by atoms with Crippen LogP contribution in [-0.4, -0.2) is 36.5 Å². The van der Waals surface area contributed by atoms with Gasteiger partial charge in [-0.05, 0) is 56.2 Å². The zero-order valence-electron chi connectivity index (χ0n) is 18.2. The van der Waals surface area contributed by atoms with Crippen LogP contribution >= 0.6 is 11.3 Å². The summed E-state index contributed by atoms with van der Waals surface area (Å²) in [5.41, 5.74) is 1.33. The van der Waals surface area contributed by atoms with Gasteiger partial charge in [0.25, 0.3) is 0 Å². The van der Waals surface area contributed by atoms with Gasteiger partial charge in [-0.15, -0.1) is 11.3 Å². The molecule has 7 nitrogen and oxygen atoms in total. The smallest absolute Gasteiger partial charge is 0.227 e. The molecule has 0 saturated carbocycles. The Morgan fingerprint density at radius 2 is 1.58 bits per heavy atom. The van der Waals surface area contributed by atoms with Gasteiger partial charge in [0.15, 0.2) is 0 Å². The van der Waals surface area contributed by atoms with Gasteiger partial charge in [-0.25, -0.2) is 0 Å². The minimum Gasteiger partial charge on any atom is -0.550 e. The number of thiophene rings is 1. The average molecular weight is 447 g/mol. The molecule has 1 aromatic heterocycles. The number of carboxylic acids is 2. The van der Waals surface area contributed by atoms with Crippen LogP contribution in [-0.2, 0) is 20.8 Å². The van der Waals surface area contributed by atoms with E-state index in [-0.39, 0.29) is 11.9 Å². The van der Waals surface area contributed by atoms with Crippen LogP contribution in [0.1, 0.15) is 45.6 Å². The molecular weight excluding hydrogens is 416 g/mol. The lowest BCUT2D eigenvalue weighted by Gasteiger charge is -2.27. The van der Waals surface area contributed by atoms with Gasteiger partial charge in [0.1, 0.15) is 0 Å². The maximum Gasteiger partial charge on any atom is 0.227 e. The molecule has 1 amide bonds. The zero-order valence-corrected chi connectivity index (χ0v) is 19.0. The summed E-state index contributed by atoms with van der Waals surface area (Å²) in [4.78, 5) is 33.1. The number of benzene rings is 1. The second-order valence-electron chi connectivity index (χ2n) is 7.21. The normalized spacial score (nSPS) is 12.2. The zero-order chi connectivity index (χ0) is 23.2. The molecule has 0 aliphatic rings. The van der Waals surface area contributed by atoms with Gasteiger partial charge in [-0.1, -0.05) is 37.3 Å². The third kappa shape index (κ3) is 11.3. The predicted molar refractivity (Wildman–Crippen MR) is 118 cm³/mol. The molecule has 1 N–H and O–H groups in total. The number of carbonyl (C=O) groups is 3. The minimum absolute atomic E-state index is 0.178. The molecule has 31 heavy (non-hydrogen) atoms. The molecule has 0 radical (unpaired) electrons. The van der Waals surface area contributed by atoms with E-state index in [4.69, 9.17) is 0 Å². The number of nitrogens with one attached hydrogen (secondary N) is 1. The van der Waals surface area contributed by atoms with Crippen LogP contribution in [0, 0.1) is 0 Å². The SMILES string of the molecule is CCC(=O)N(CC(C)NC(C)Cc1ccccc1)c1cccs1.O=C([O-])CCC(=O)[O-]. The molecular formula is C23H30N2O5S-2. The van der Waals surface area contributed by atoms with E-state index < -0.39 is 24.8 Å². The Bertz CT molecular complexity index is 782. The standard InChI is InChI=1S/C19H26N2OS.C4H6O4/c1-4-18(22)21(19-11-8-12-23-19)14-16(3)20-15(2)13-17-9-6-5-7-10-17;5-3(6)1-2-4(7)8/h5-12,15-16,20H,4,13-14H2,1-3H3;1-2H2,(H,5,6)(H,7,8)/p-2. The average Bonchev–Trinajstić information content (AvgIpc) is 3.25. The lowest BCUT2D eigenvalue weighted by molar-refractivity contribution is -0.315. The Morgan fingerprint density at radius 3 is 2.06 bits per heavy atom. The van der Waals surface area contributed by atoms with Crippen LogP contribution in [0.25, 0.3) is 0 Å². The van der Waals surface area contributed by atoms with E-state index >= 15 is 0 Å². The highest BCUT2D eigenvalue weighted by molar-refractivity contribution is 7.14. The first-order chi connectivity index (χ1) is 14.7. The number of carboxylic acid groups (broad SMARTS) is 2. The van der Waals surface area contributed by atoms with Crippen LogP contribution in [0.15, 0.2) is 47.8 Å². The number of anilines is 1. The fourth-order valence-corrected chi connectivity index (χ4v) is 3.73. The van der Waals surface area contributed by atoms with Crippen molar-refractivity contribution < 1.29 is 24.6 Å². The van der Waals surface area contributed by atoms with E-state index in [1.54, 1.807) is 11.3 Å². The van der Waals surface area contributed by atoms with Crippen molar-refractivity contribution in [1.29, 1.82) is 0 Å². The van der Waals surface area contributed by atoms with Gasteiger partial charge in [0.05, 0.1) is 5.00 Å². The topological polar surface area (TPSA) is 113 Å². The fraction of sp³-hybridized carbons (Fsp3) is 0.435. The molecule has 0 aliphatic heterocycles. The van der Waals surface area contributed by atoms with Gasteiger partial charge < -0.3 is 30.0 Å². The maximum atomic E-state index is 12.2. The number of hydrogen-bond acceptors (Lipinski definition) is 7. The Hall–Kier alpha value is -2.71. The summed E-state index contributed by atoms with van der Waals surface area (Å²) < 4.78 is 0. The molecule has 0 saturated heterocycles. The summed E-state index contributed by atoms with van der Waals surface area (Å²) in [6, 6.07) is 15.1. The van der Waals surface area contributed by atoms with Crippen LogP contribution in [0.5, 0.6) is 0 Å². The number of hydrogen-bond donors (Lipinski definition) is 1. The molecule has 1 aromatic carbocycles. The second kappa shape index (κ2) is 14.3. The Kier molecular flexibility index (Phi) is 12.2. The van der Waals surface area contributed by atoms with Crippen molar-refractivity contribution >= 4 is 34.2 Å². The summed E-state index contributed by atoms with van der Waals surface area (Å²) in [7, 11) is 0. The molecule has 0 aliphatic carbocycles. The molecule has 8 heteroatoms. The van der Waals surface area contributed by atoms with E-state index in [1.807, 2.05) is 35.4 Å². The first-order valence-electron chi connectivity index (χ1n) is 10.3. The van der Waals surface area contributed by atoms with Gasteiger partial charge >= 0.3 is 0 Å². The van der Waals surface area contributed by atoms with Crippen LogP contribution < -0.4 is 20.4 Å². The van der Waals surface area contributed by atoms with E-state index in [2.05, 4.69) is 43.4 Å². The number of nitrogens with zero attached hydrogens (tertiary/aromatic N) is 1. The third-order valence-corrected chi connectivity index (χ3v) is 5.21. The highest BCUT2D eigenvalue weighted by atomic mass is 32.1. The van der Waals surface area contributed by atoms with E-state index in [9.17, 15) is 24.6 Å². The summed E-state index contributed by atoms with van der Waals surface area (Å²) >= 11 is 1.62. The number of amides is 1. The van der Waals surface area contributed by atoms with Crippen molar-refractivity contribution in [1.82, 2.24) is 5.32 Å². The predicted octanol–water partition coefficient (Wildman–Crippen LogP) is 1.37. The first-order valence-corrected chi connectivity index (χ1v) is 11.1. The Balaban J connectivity index is 0.000000512. The quantitative estimate of drug-likeness (QED) is 0.558. The van der Waals surface area contributed by atoms with Crippen molar-refractivity contribution in [2.45, 2.75) is 58.5 Å². The highest BCUT2D eigenvalue weighted by Crippen LogP contribution is 2.22. The van der Waals surface area contributed by atoms with Gasteiger partial charge in [-0.2, -0.15) is 0 Å². The van der Waals surface area contributed by atoms with Crippen LogP contribution in [0.4, 0.5) is 5.00 Å². The van der Waals surface area contributed by atoms with E-state index in [1.165, 1.54) is 5.56 Å². The molecule has 2 atom stereocenters. The highest BCUT2D eigenvalue weighted by Gasteiger charge is 2.18. The molecule has 0 bridgehead atoms. The first kappa shape index (κ1) is 26.3. The fourth-order valence-electron chi connectivity index (χ4n) is 2.97. The Labute approximate surface area is 187 Å². The minimum atomic E-state index is -1.37. The van der Waals surface area contributed by atoms with Crippen LogP contribution in [0.3, 0.4) is 0 Å². The summed E-state index contributed by atoms with van der Waals surface area (Å²) in [5.74, 6) is -2.56. The van der Waals surface area contributed by atoms with Crippen molar-refractivity contribution in [3.63, 3.8) is 0 Å². The van der Waals surface area contributed by atoms with E-state index in [0.717, 1.165) is 11.4 Å². The lowest BCUT2D eigenvalue weighted by atomic mass is 10.1. The van der Waals surface area contributed by atoms with Crippen LogP contribution in [0.2, 0.25) is 0 Å². The summed E-state index contributed by atoms with van der Waals surface area (Å²) in [6.07, 6.45) is 0.584. The second-order valence-corrected chi connectivity index (χ2v) is 8.14. The van der Waals surface area contributed by atoms with Crippen molar-refractivity contribution in [3.8, 4) is 0 Å². The monoisotopic (exact) mass is 446 g/mol. The molecule has 0 spiro atoms. The third-order valence-electron chi connectivity index (χ3n) is 4.32. The largest absolute Gasteiger partial charge is 0.550 e. The maximum absolute atomic E-state index is 12.2. The van der Waals surface area contributed by atoms with Crippen molar-refractivity contribution in [3.05, 3.63) is 53.4 Å². The lowest BCUT2D eigenvalue weighted by Crippen LogP contribution is -2.45. The molecule has 2 rings (SSSR count). The molecule has 2 unspecified atom stereocenters. The summed E-state index contributed by atoms with van der Waals surface area (Å²) in [6.45, 7) is 6.96. The molecule has 2 aromatic rings. The Morgan fingerprint density at radius 1 is 0.968 bits per heavy atom. The molecule has 1 heterocycles. The van der Waals surface area contributed by atoms with Crippen molar-refractivity contribution in [2.75, 3.05) is 11.4 Å². The number of aliphatic carboxylic acids is 2. The van der Waals surface area contributed by atoms with E-state index in [0.29, 0.717) is 19.0 Å². The molecule has 0 fully saturated rings. The van der Waals surface area contributed by atoms with Gasteiger partial charge in [0.2, 0.25) is 5.91 Å².